The predicted octanol–water partition coefficient (Wildman–Crippen LogP) is 3.59. The van der Waals surface area contributed by atoms with Crippen LogP contribution in [0.1, 0.15) is 24.2 Å². The summed E-state index contributed by atoms with van der Waals surface area (Å²) in [6.45, 7) is 3.63. The van der Waals surface area contributed by atoms with Crippen LogP contribution in [0, 0.1) is 23.6 Å². The number of anilines is 1. The van der Waals surface area contributed by atoms with Crippen LogP contribution in [0.4, 0.5) is 10.2 Å². The predicted molar refractivity (Wildman–Crippen MR) is 132 cm³/mol. The van der Waals surface area contributed by atoms with Gasteiger partial charge in [0.2, 0.25) is 0 Å². The number of dihydropyridines is 1. The van der Waals surface area contributed by atoms with E-state index in [1.165, 1.54) is 6.07 Å². The van der Waals surface area contributed by atoms with E-state index in [0.29, 0.717) is 28.3 Å². The number of nitrogens with zero attached hydrogens (tertiary/aromatic N) is 1. The molecule has 34 heavy (non-hydrogen) atoms. The Balaban J connectivity index is 1.97. The second-order valence-corrected chi connectivity index (χ2v) is 7.56. The molecule has 0 fully saturated rings. The maximum atomic E-state index is 14.2. The standard InChI is InChI=1S/C25H26FN7O/c1-15-6-5-9-24(31-15)33-21(17-10-11-30-22(12-17)19(14-27)25(29)34)13-23(28)32-16(2)18-7-3-4-8-20(18)26/h3-14,16,27,30H,1-2H3,(H2,28,32)(H2,29,34)(H,31,33)/b21-13-,22-19+,27-14?. The van der Waals surface area contributed by atoms with E-state index >= 15 is 0 Å². The van der Waals surface area contributed by atoms with Crippen LogP contribution in [-0.4, -0.2) is 22.9 Å². The minimum absolute atomic E-state index is 0.0104. The Morgan fingerprint density at radius 2 is 2.00 bits per heavy atom. The first-order valence-electron chi connectivity index (χ1n) is 10.5. The van der Waals surface area contributed by atoms with Crippen LogP contribution in [0.5, 0.6) is 0 Å². The first-order chi connectivity index (χ1) is 16.3. The first kappa shape index (κ1) is 24.1. The Morgan fingerprint density at radius 3 is 2.68 bits per heavy atom. The van der Waals surface area contributed by atoms with E-state index < -0.39 is 11.9 Å². The second-order valence-electron chi connectivity index (χ2n) is 7.56. The van der Waals surface area contributed by atoms with Crippen molar-refractivity contribution in [1.29, 1.82) is 10.8 Å². The van der Waals surface area contributed by atoms with E-state index in [2.05, 4.69) is 20.9 Å². The van der Waals surface area contributed by atoms with E-state index in [9.17, 15) is 9.18 Å². The molecule has 1 aromatic carbocycles. The monoisotopic (exact) mass is 459 g/mol. The zero-order valence-corrected chi connectivity index (χ0v) is 18.8. The SMILES string of the molecule is Cc1cccc(N/C(=C\C(=N)NC(C)c2ccccc2F)C2=C/C(=C(/C=N)C(N)=O)NC=C2)n1. The van der Waals surface area contributed by atoms with Crippen molar-refractivity contribution in [3.8, 4) is 0 Å². The molecule has 0 spiro atoms. The molecular weight excluding hydrogens is 433 g/mol. The highest BCUT2D eigenvalue weighted by molar-refractivity contribution is 6.11. The summed E-state index contributed by atoms with van der Waals surface area (Å²) < 4.78 is 14.2. The van der Waals surface area contributed by atoms with Crippen LogP contribution >= 0.6 is 0 Å². The van der Waals surface area contributed by atoms with E-state index in [4.69, 9.17) is 16.6 Å². The van der Waals surface area contributed by atoms with Crippen LogP contribution < -0.4 is 21.7 Å². The average Bonchev–Trinajstić information content (AvgIpc) is 2.79. The molecular formula is C25H26FN7O. The number of allylic oxidation sites excluding steroid dienone is 2. The molecule has 1 unspecified atom stereocenters. The molecule has 1 aliphatic rings. The number of rotatable bonds is 8. The number of primary amides is 1. The number of amides is 1. The lowest BCUT2D eigenvalue weighted by Crippen LogP contribution is -2.26. The lowest BCUT2D eigenvalue weighted by atomic mass is 10.0. The quantitative estimate of drug-likeness (QED) is 0.203. The average molecular weight is 460 g/mol. The second kappa shape index (κ2) is 10.9. The van der Waals surface area contributed by atoms with Crippen LogP contribution in [0.25, 0.3) is 0 Å². The third-order valence-electron chi connectivity index (χ3n) is 5.00. The number of nitrogens with two attached hydrogens (primary N) is 1. The summed E-state index contributed by atoms with van der Waals surface area (Å²) in [5.74, 6) is -0.505. The van der Waals surface area contributed by atoms with Crippen molar-refractivity contribution in [3.63, 3.8) is 0 Å². The summed E-state index contributed by atoms with van der Waals surface area (Å²) in [5, 5.41) is 25.1. The highest BCUT2D eigenvalue weighted by atomic mass is 19.1. The number of carbonyl (C=O) groups is 1. The third kappa shape index (κ3) is 6.04. The number of aromatic nitrogens is 1. The molecule has 1 aliphatic heterocycles. The van der Waals surface area contributed by atoms with Crippen LogP contribution in [-0.2, 0) is 4.79 Å². The largest absolute Gasteiger partial charge is 0.365 e. The van der Waals surface area contributed by atoms with Gasteiger partial charge in [-0.15, -0.1) is 0 Å². The van der Waals surface area contributed by atoms with E-state index in [1.54, 1.807) is 55.6 Å². The summed E-state index contributed by atoms with van der Waals surface area (Å²) in [4.78, 5) is 16.2. The fourth-order valence-corrected chi connectivity index (χ4v) is 3.34. The van der Waals surface area contributed by atoms with Gasteiger partial charge in [-0.1, -0.05) is 24.3 Å². The summed E-state index contributed by atoms with van der Waals surface area (Å²) in [7, 11) is 0. The van der Waals surface area contributed by atoms with Gasteiger partial charge in [-0.05, 0) is 44.2 Å². The number of hydrogen-bond donors (Lipinski definition) is 6. The Hall–Kier alpha value is -4.53. The molecule has 0 radical (unpaired) electrons. The summed E-state index contributed by atoms with van der Waals surface area (Å²) in [6.07, 6.45) is 7.43. The Bertz CT molecular complexity index is 1240. The van der Waals surface area contributed by atoms with Gasteiger partial charge in [0.15, 0.2) is 0 Å². The van der Waals surface area contributed by atoms with Crippen molar-refractivity contribution < 1.29 is 9.18 Å². The van der Waals surface area contributed by atoms with Gasteiger partial charge in [0.05, 0.1) is 23.0 Å². The number of benzene rings is 1. The van der Waals surface area contributed by atoms with E-state index in [-0.39, 0.29) is 17.2 Å². The highest BCUT2D eigenvalue weighted by Gasteiger charge is 2.16. The highest BCUT2D eigenvalue weighted by Crippen LogP contribution is 2.21. The first-order valence-corrected chi connectivity index (χ1v) is 10.5. The maximum Gasteiger partial charge on any atom is 0.252 e. The molecule has 0 saturated heterocycles. The lowest BCUT2D eigenvalue weighted by molar-refractivity contribution is -0.114. The van der Waals surface area contributed by atoms with Gasteiger partial charge < -0.3 is 27.1 Å². The van der Waals surface area contributed by atoms with Crippen molar-refractivity contribution in [3.05, 3.63) is 107 Å². The number of pyridine rings is 1. The number of amidine groups is 1. The van der Waals surface area contributed by atoms with Crippen LogP contribution in [0.3, 0.4) is 0 Å². The lowest BCUT2D eigenvalue weighted by Gasteiger charge is -2.19. The molecule has 2 heterocycles. The number of halogens is 1. The molecule has 7 N–H and O–H groups in total. The van der Waals surface area contributed by atoms with Crippen molar-refractivity contribution in [2.75, 3.05) is 5.32 Å². The van der Waals surface area contributed by atoms with E-state index in [0.717, 1.165) is 11.9 Å². The molecule has 1 atom stereocenters. The Morgan fingerprint density at radius 1 is 1.24 bits per heavy atom. The molecule has 8 nitrogen and oxygen atoms in total. The fourth-order valence-electron chi connectivity index (χ4n) is 3.34. The molecule has 3 rings (SSSR count). The molecule has 174 valence electrons. The maximum absolute atomic E-state index is 14.2. The van der Waals surface area contributed by atoms with E-state index in [1.807, 2.05) is 19.1 Å². The van der Waals surface area contributed by atoms with Crippen molar-refractivity contribution in [2.24, 2.45) is 5.73 Å². The van der Waals surface area contributed by atoms with Crippen molar-refractivity contribution in [1.82, 2.24) is 15.6 Å². The zero-order chi connectivity index (χ0) is 24.7. The van der Waals surface area contributed by atoms with Crippen LogP contribution in [0.15, 0.2) is 89.4 Å². The van der Waals surface area contributed by atoms with Gasteiger partial charge in [-0.3, -0.25) is 10.2 Å². The molecule has 0 bridgehead atoms. The minimum Gasteiger partial charge on any atom is -0.365 e. The smallest absolute Gasteiger partial charge is 0.252 e. The molecule has 0 aliphatic carbocycles. The van der Waals surface area contributed by atoms with Gasteiger partial charge in [0, 0.05) is 35.3 Å². The van der Waals surface area contributed by atoms with Crippen molar-refractivity contribution in [2.45, 2.75) is 19.9 Å². The van der Waals surface area contributed by atoms with Gasteiger partial charge in [-0.25, -0.2) is 9.37 Å². The van der Waals surface area contributed by atoms with Crippen LogP contribution in [0.2, 0.25) is 0 Å². The third-order valence-corrected chi connectivity index (χ3v) is 5.00. The summed E-state index contributed by atoms with van der Waals surface area (Å²) >= 11 is 0. The Kier molecular flexibility index (Phi) is 7.71. The molecule has 0 saturated carbocycles. The fraction of sp³-hybridized carbons (Fsp3) is 0.120. The summed E-state index contributed by atoms with van der Waals surface area (Å²) in [5.41, 5.74) is 8.11. The summed E-state index contributed by atoms with van der Waals surface area (Å²) in [6, 6.07) is 11.4. The molecule has 9 heteroatoms. The van der Waals surface area contributed by atoms with Gasteiger partial charge in [0.1, 0.15) is 17.5 Å². The topological polar surface area (TPSA) is 140 Å². The molecule has 1 amide bonds. The van der Waals surface area contributed by atoms with Gasteiger partial charge in [-0.2, -0.15) is 0 Å². The van der Waals surface area contributed by atoms with Gasteiger partial charge >= 0.3 is 0 Å². The minimum atomic E-state index is -0.740. The molecule has 1 aromatic heterocycles. The number of nitrogens with one attached hydrogen (secondary N) is 5. The number of aryl methyl sites for hydroxylation is 1. The van der Waals surface area contributed by atoms with Crippen molar-refractivity contribution >= 4 is 23.8 Å². The number of hydrogen-bond acceptors (Lipinski definition) is 6. The normalized spacial score (nSPS) is 15.5. The molecule has 2 aromatic rings. The zero-order valence-electron chi connectivity index (χ0n) is 18.8. The number of carbonyl (C=O) groups excluding carboxylic acids is 1. The van der Waals surface area contributed by atoms with Gasteiger partial charge in [0.25, 0.3) is 5.91 Å². The Labute approximate surface area is 197 Å².